The maximum absolute atomic E-state index is 13.0. The molecule has 0 aromatic carbocycles. The van der Waals surface area contributed by atoms with Gasteiger partial charge in [-0.3, -0.25) is 9.38 Å². The van der Waals surface area contributed by atoms with Crippen LogP contribution < -0.4 is 4.90 Å². The van der Waals surface area contributed by atoms with Crippen molar-refractivity contribution in [1.82, 2.24) is 19.6 Å². The van der Waals surface area contributed by atoms with Gasteiger partial charge in [0.1, 0.15) is 5.82 Å². The largest absolute Gasteiger partial charge is 0.417 e. The molecule has 26 heavy (non-hydrogen) atoms. The molecular weight excluding hydrogens is 411 g/mol. The molecule has 3 aromatic rings. The Morgan fingerprint density at radius 2 is 2.00 bits per heavy atom. The topological polar surface area (TPSA) is 46.3 Å². The molecule has 1 saturated heterocycles. The van der Waals surface area contributed by atoms with Crippen LogP contribution in [0.2, 0.25) is 0 Å². The Hall–Kier alpha value is -2.16. The van der Waals surface area contributed by atoms with E-state index < -0.39 is 11.7 Å². The highest BCUT2D eigenvalue weighted by atomic mass is 79.9. The molecule has 9 heteroatoms. The summed E-state index contributed by atoms with van der Waals surface area (Å²) in [5.74, 6) is 0.569. The number of alkyl halides is 3. The Labute approximate surface area is 156 Å². The van der Waals surface area contributed by atoms with Gasteiger partial charge in [-0.05, 0) is 47.0 Å². The van der Waals surface area contributed by atoms with Crippen molar-refractivity contribution in [3.63, 3.8) is 0 Å². The molecule has 0 N–H and O–H groups in total. The summed E-state index contributed by atoms with van der Waals surface area (Å²) >= 11 is 3.42. The van der Waals surface area contributed by atoms with E-state index in [4.69, 9.17) is 0 Å². The minimum atomic E-state index is -4.39. The minimum Gasteiger partial charge on any atom is -0.370 e. The maximum Gasteiger partial charge on any atom is 0.417 e. The molecule has 3 aromatic heterocycles. The Balaban J connectivity index is 1.66. The second-order valence-electron chi connectivity index (χ2n) is 6.35. The van der Waals surface area contributed by atoms with E-state index in [0.29, 0.717) is 18.0 Å². The number of rotatable bonds is 2. The van der Waals surface area contributed by atoms with Gasteiger partial charge in [0.15, 0.2) is 5.65 Å². The summed E-state index contributed by atoms with van der Waals surface area (Å²) in [4.78, 5) is 6.37. The molecule has 0 saturated carbocycles. The summed E-state index contributed by atoms with van der Waals surface area (Å²) in [6.45, 7) is 1.54. The van der Waals surface area contributed by atoms with Crippen LogP contribution in [0.1, 0.15) is 30.1 Å². The van der Waals surface area contributed by atoms with Crippen LogP contribution >= 0.6 is 15.9 Å². The van der Waals surface area contributed by atoms with Gasteiger partial charge in [0.2, 0.25) is 0 Å². The average Bonchev–Trinajstić information content (AvgIpc) is 3.04. The van der Waals surface area contributed by atoms with Gasteiger partial charge in [0, 0.05) is 35.9 Å². The molecule has 4 heterocycles. The van der Waals surface area contributed by atoms with E-state index in [0.717, 1.165) is 41.8 Å². The molecule has 0 bridgehead atoms. The highest BCUT2D eigenvalue weighted by Crippen LogP contribution is 2.32. The molecule has 0 spiro atoms. The molecule has 1 aliphatic heterocycles. The van der Waals surface area contributed by atoms with E-state index in [1.807, 2.05) is 6.07 Å². The number of pyridine rings is 2. The quantitative estimate of drug-likeness (QED) is 0.614. The lowest BCUT2D eigenvalue weighted by Gasteiger charge is -2.33. The van der Waals surface area contributed by atoms with Gasteiger partial charge in [-0.25, -0.2) is 0 Å². The number of nitrogens with zero attached hydrogens (tertiary/aromatic N) is 5. The smallest absolute Gasteiger partial charge is 0.370 e. The first kappa shape index (κ1) is 17.3. The standard InChI is InChI=1S/C17H15BrF3N5/c18-13-6-14(8-22-7-13)25-5-1-2-11(9-25)16-24-23-15-4-3-12(10-26(15)16)17(19,20)21/h3-4,6-8,10-11H,1-2,5,9H2. The van der Waals surface area contributed by atoms with Gasteiger partial charge >= 0.3 is 6.18 Å². The maximum atomic E-state index is 13.0. The van der Waals surface area contributed by atoms with Crippen molar-refractivity contribution in [2.75, 3.05) is 18.0 Å². The third-order valence-corrected chi connectivity index (χ3v) is 5.03. The summed E-state index contributed by atoms with van der Waals surface area (Å²) < 4.78 is 41.5. The van der Waals surface area contributed by atoms with Crippen LogP contribution in [0.3, 0.4) is 0 Å². The first-order chi connectivity index (χ1) is 12.4. The van der Waals surface area contributed by atoms with E-state index in [-0.39, 0.29) is 5.92 Å². The zero-order valence-corrected chi connectivity index (χ0v) is 15.2. The third kappa shape index (κ3) is 3.27. The molecule has 4 rings (SSSR count). The molecular formula is C17H15BrF3N5. The Morgan fingerprint density at radius 3 is 2.77 bits per heavy atom. The van der Waals surface area contributed by atoms with Gasteiger partial charge in [0.05, 0.1) is 17.4 Å². The molecule has 0 aliphatic carbocycles. The second-order valence-corrected chi connectivity index (χ2v) is 7.26. The first-order valence-corrected chi connectivity index (χ1v) is 8.98. The molecule has 0 radical (unpaired) electrons. The molecule has 1 aliphatic rings. The van der Waals surface area contributed by atoms with Crippen molar-refractivity contribution >= 4 is 27.3 Å². The van der Waals surface area contributed by atoms with Crippen molar-refractivity contribution < 1.29 is 13.2 Å². The van der Waals surface area contributed by atoms with Gasteiger partial charge < -0.3 is 4.90 Å². The fraction of sp³-hybridized carbons (Fsp3) is 0.353. The van der Waals surface area contributed by atoms with Crippen molar-refractivity contribution in [1.29, 1.82) is 0 Å². The highest BCUT2D eigenvalue weighted by Gasteiger charge is 2.32. The number of anilines is 1. The van der Waals surface area contributed by atoms with Crippen molar-refractivity contribution in [3.05, 3.63) is 52.7 Å². The van der Waals surface area contributed by atoms with E-state index in [1.165, 1.54) is 10.5 Å². The summed E-state index contributed by atoms with van der Waals surface area (Å²) in [6.07, 6.45) is 1.98. The number of piperidine rings is 1. The summed E-state index contributed by atoms with van der Waals surface area (Å²) in [5.41, 5.74) is 0.707. The zero-order chi connectivity index (χ0) is 18.3. The lowest BCUT2D eigenvalue weighted by molar-refractivity contribution is -0.137. The fourth-order valence-electron chi connectivity index (χ4n) is 3.35. The monoisotopic (exact) mass is 425 g/mol. The predicted molar refractivity (Wildman–Crippen MR) is 94.1 cm³/mol. The molecule has 5 nitrogen and oxygen atoms in total. The van der Waals surface area contributed by atoms with Crippen LogP contribution in [0.5, 0.6) is 0 Å². The number of aromatic nitrogens is 4. The van der Waals surface area contributed by atoms with Crippen LogP contribution in [0.15, 0.2) is 41.3 Å². The van der Waals surface area contributed by atoms with Gasteiger partial charge in [-0.15, -0.1) is 10.2 Å². The summed E-state index contributed by atoms with van der Waals surface area (Å²) in [7, 11) is 0. The Kier molecular flexibility index (Phi) is 4.34. The second kappa shape index (κ2) is 6.53. The van der Waals surface area contributed by atoms with E-state index >= 15 is 0 Å². The molecule has 1 fully saturated rings. The van der Waals surface area contributed by atoms with Gasteiger partial charge in [-0.2, -0.15) is 13.2 Å². The molecule has 136 valence electrons. The molecule has 1 atom stereocenters. The summed E-state index contributed by atoms with van der Waals surface area (Å²) in [6, 6.07) is 4.38. The van der Waals surface area contributed by atoms with E-state index in [1.54, 1.807) is 12.4 Å². The number of fused-ring (bicyclic) bond motifs is 1. The SMILES string of the molecule is FC(F)(F)c1ccc2nnc(C3CCCN(c4cncc(Br)c4)C3)n2c1. The number of hydrogen-bond acceptors (Lipinski definition) is 4. The third-order valence-electron chi connectivity index (χ3n) is 4.60. The predicted octanol–water partition coefficient (Wildman–Crippen LogP) is 4.29. The van der Waals surface area contributed by atoms with Crippen molar-refractivity contribution in [3.8, 4) is 0 Å². The van der Waals surface area contributed by atoms with E-state index in [2.05, 4.69) is 36.0 Å². The minimum absolute atomic E-state index is 0.00113. The van der Waals surface area contributed by atoms with Crippen molar-refractivity contribution in [2.45, 2.75) is 24.9 Å². The van der Waals surface area contributed by atoms with Crippen LogP contribution in [0.25, 0.3) is 5.65 Å². The highest BCUT2D eigenvalue weighted by molar-refractivity contribution is 9.10. The fourth-order valence-corrected chi connectivity index (χ4v) is 3.70. The van der Waals surface area contributed by atoms with Crippen LogP contribution in [-0.4, -0.2) is 32.7 Å². The Bertz CT molecular complexity index is 940. The molecule has 0 amide bonds. The van der Waals surface area contributed by atoms with Crippen LogP contribution in [-0.2, 0) is 6.18 Å². The van der Waals surface area contributed by atoms with E-state index in [9.17, 15) is 13.2 Å². The number of hydrogen-bond donors (Lipinski definition) is 0. The summed E-state index contributed by atoms with van der Waals surface area (Å²) in [5, 5.41) is 8.22. The molecule has 1 unspecified atom stereocenters. The lowest BCUT2D eigenvalue weighted by atomic mass is 9.97. The van der Waals surface area contributed by atoms with Crippen LogP contribution in [0.4, 0.5) is 18.9 Å². The first-order valence-electron chi connectivity index (χ1n) is 8.19. The Morgan fingerprint density at radius 1 is 1.15 bits per heavy atom. The van der Waals surface area contributed by atoms with Gasteiger partial charge in [0.25, 0.3) is 0 Å². The van der Waals surface area contributed by atoms with Crippen LogP contribution in [0, 0.1) is 0 Å². The van der Waals surface area contributed by atoms with Gasteiger partial charge in [-0.1, -0.05) is 0 Å². The lowest BCUT2D eigenvalue weighted by Crippen LogP contribution is -2.35. The normalized spacial score (nSPS) is 18.5. The zero-order valence-electron chi connectivity index (χ0n) is 13.6. The number of halogens is 4. The average molecular weight is 426 g/mol. The van der Waals surface area contributed by atoms with Crippen molar-refractivity contribution in [2.24, 2.45) is 0 Å².